The van der Waals surface area contributed by atoms with Crippen LogP contribution in [-0.2, 0) is 28.9 Å². The van der Waals surface area contributed by atoms with Gasteiger partial charge in [-0.25, -0.2) is 4.98 Å². The molecule has 0 radical (unpaired) electrons. The molecule has 1 fully saturated rings. The maximum atomic E-state index is 6.13. The Morgan fingerprint density at radius 1 is 1.27 bits per heavy atom. The quantitative estimate of drug-likeness (QED) is 0.822. The highest BCUT2D eigenvalue weighted by molar-refractivity contribution is 5.23. The molecule has 1 saturated heterocycles. The molecule has 0 amide bonds. The number of rotatable bonds is 6. The minimum absolute atomic E-state index is 0.128. The molecule has 0 bridgehead atoms. The SMILES string of the molecule is CCCc1ccc(CC2(Cn3ccnc3)OCC(C)O2)cc1. The van der Waals surface area contributed by atoms with Crippen molar-refractivity contribution in [3.05, 3.63) is 54.1 Å². The molecule has 0 spiro atoms. The lowest BCUT2D eigenvalue weighted by Gasteiger charge is -2.28. The first-order chi connectivity index (χ1) is 10.7. The van der Waals surface area contributed by atoms with Crippen LogP contribution in [0.2, 0.25) is 0 Å². The van der Waals surface area contributed by atoms with Gasteiger partial charge in [-0.2, -0.15) is 0 Å². The van der Waals surface area contributed by atoms with E-state index in [0.717, 1.165) is 12.8 Å². The highest BCUT2D eigenvalue weighted by Crippen LogP contribution is 2.29. The van der Waals surface area contributed by atoms with Crippen molar-refractivity contribution in [1.29, 1.82) is 0 Å². The van der Waals surface area contributed by atoms with Crippen LogP contribution in [0.15, 0.2) is 43.0 Å². The predicted molar refractivity (Wildman–Crippen MR) is 85.6 cm³/mol. The van der Waals surface area contributed by atoms with Gasteiger partial charge in [0.05, 0.1) is 25.6 Å². The van der Waals surface area contributed by atoms with Crippen LogP contribution in [0, 0.1) is 0 Å². The molecule has 1 aliphatic rings. The van der Waals surface area contributed by atoms with Gasteiger partial charge < -0.3 is 14.0 Å². The number of imidazole rings is 1. The second-order valence-electron chi connectivity index (χ2n) is 6.13. The van der Waals surface area contributed by atoms with Crippen LogP contribution in [0.5, 0.6) is 0 Å². The predicted octanol–water partition coefficient (Wildman–Crippen LogP) is 3.21. The monoisotopic (exact) mass is 300 g/mol. The van der Waals surface area contributed by atoms with Crippen molar-refractivity contribution in [2.75, 3.05) is 6.61 Å². The number of hydrogen-bond acceptors (Lipinski definition) is 3. The zero-order valence-electron chi connectivity index (χ0n) is 13.4. The Morgan fingerprint density at radius 2 is 2.05 bits per heavy atom. The van der Waals surface area contributed by atoms with Crippen LogP contribution in [-0.4, -0.2) is 28.0 Å². The molecule has 1 aromatic heterocycles. The number of aryl methyl sites for hydroxylation is 1. The molecule has 0 saturated carbocycles. The van der Waals surface area contributed by atoms with E-state index in [9.17, 15) is 0 Å². The van der Waals surface area contributed by atoms with Gasteiger partial charge in [0.15, 0.2) is 5.79 Å². The second kappa shape index (κ2) is 6.63. The van der Waals surface area contributed by atoms with Gasteiger partial charge in [0.2, 0.25) is 0 Å². The molecular weight excluding hydrogens is 276 g/mol. The summed E-state index contributed by atoms with van der Waals surface area (Å²) in [6.07, 6.45) is 8.72. The van der Waals surface area contributed by atoms with Gasteiger partial charge in [-0.3, -0.25) is 0 Å². The Kier molecular flexibility index (Phi) is 4.60. The minimum atomic E-state index is -0.591. The lowest BCUT2D eigenvalue weighted by atomic mass is 10.0. The average molecular weight is 300 g/mol. The fourth-order valence-corrected chi connectivity index (χ4v) is 3.02. The molecule has 2 heterocycles. The standard InChI is InChI=1S/C18H24N2O2/c1-3-4-16-5-7-17(8-6-16)11-18(21-12-15(2)22-18)13-20-10-9-19-14-20/h5-10,14-15H,3-4,11-13H2,1-2H3. The van der Waals surface area contributed by atoms with Crippen LogP contribution in [0.1, 0.15) is 31.4 Å². The summed E-state index contributed by atoms with van der Waals surface area (Å²) in [7, 11) is 0. The summed E-state index contributed by atoms with van der Waals surface area (Å²) in [5.74, 6) is -0.591. The van der Waals surface area contributed by atoms with E-state index in [-0.39, 0.29) is 6.10 Å². The number of hydrogen-bond donors (Lipinski definition) is 0. The van der Waals surface area contributed by atoms with E-state index in [2.05, 4.69) is 43.1 Å². The van der Waals surface area contributed by atoms with E-state index in [1.54, 1.807) is 6.20 Å². The zero-order valence-corrected chi connectivity index (χ0v) is 13.4. The van der Waals surface area contributed by atoms with Gasteiger partial charge in [-0.1, -0.05) is 37.6 Å². The van der Waals surface area contributed by atoms with Crippen molar-refractivity contribution in [2.24, 2.45) is 0 Å². The van der Waals surface area contributed by atoms with Crippen molar-refractivity contribution in [3.63, 3.8) is 0 Å². The van der Waals surface area contributed by atoms with E-state index in [0.29, 0.717) is 13.2 Å². The summed E-state index contributed by atoms with van der Waals surface area (Å²) in [6, 6.07) is 8.80. The Balaban J connectivity index is 1.75. The number of nitrogens with zero attached hydrogens (tertiary/aromatic N) is 2. The third-order valence-corrected chi connectivity index (χ3v) is 4.01. The third kappa shape index (κ3) is 3.57. The summed E-state index contributed by atoms with van der Waals surface area (Å²) in [5.41, 5.74) is 2.63. The Hall–Kier alpha value is -1.65. The van der Waals surface area contributed by atoms with Gasteiger partial charge in [0.25, 0.3) is 0 Å². The molecule has 2 unspecified atom stereocenters. The van der Waals surface area contributed by atoms with E-state index in [1.165, 1.54) is 17.5 Å². The van der Waals surface area contributed by atoms with Crippen molar-refractivity contribution in [1.82, 2.24) is 9.55 Å². The fraction of sp³-hybridized carbons (Fsp3) is 0.500. The van der Waals surface area contributed by atoms with Gasteiger partial charge in [0, 0.05) is 18.8 Å². The molecule has 1 aromatic carbocycles. The highest BCUT2D eigenvalue weighted by atomic mass is 16.7. The molecule has 2 aromatic rings. The highest BCUT2D eigenvalue weighted by Gasteiger charge is 2.40. The summed E-state index contributed by atoms with van der Waals surface area (Å²) >= 11 is 0. The van der Waals surface area contributed by atoms with Gasteiger partial charge in [0.1, 0.15) is 0 Å². The van der Waals surface area contributed by atoms with E-state index in [4.69, 9.17) is 9.47 Å². The number of benzene rings is 1. The first kappa shape index (κ1) is 15.3. The molecule has 2 atom stereocenters. The first-order valence-corrected chi connectivity index (χ1v) is 8.04. The normalized spacial score (nSPS) is 24.7. The molecule has 3 rings (SSSR count). The third-order valence-electron chi connectivity index (χ3n) is 4.01. The molecule has 0 aliphatic carbocycles. The van der Waals surface area contributed by atoms with E-state index < -0.39 is 5.79 Å². The summed E-state index contributed by atoms with van der Waals surface area (Å²) in [5, 5.41) is 0. The Bertz CT molecular complexity index is 580. The molecule has 4 nitrogen and oxygen atoms in total. The second-order valence-corrected chi connectivity index (χ2v) is 6.13. The van der Waals surface area contributed by atoms with Gasteiger partial charge in [-0.15, -0.1) is 0 Å². The summed E-state index contributed by atoms with van der Waals surface area (Å²) in [4.78, 5) is 4.11. The zero-order chi connectivity index (χ0) is 15.4. The Morgan fingerprint density at radius 3 is 2.64 bits per heavy atom. The van der Waals surface area contributed by atoms with E-state index >= 15 is 0 Å². The maximum Gasteiger partial charge on any atom is 0.190 e. The smallest absolute Gasteiger partial charge is 0.190 e. The summed E-state index contributed by atoms with van der Waals surface area (Å²) in [6.45, 7) is 5.56. The van der Waals surface area contributed by atoms with Crippen LogP contribution in [0.4, 0.5) is 0 Å². The molecule has 22 heavy (non-hydrogen) atoms. The van der Waals surface area contributed by atoms with Crippen molar-refractivity contribution >= 4 is 0 Å². The molecule has 118 valence electrons. The fourth-order valence-electron chi connectivity index (χ4n) is 3.02. The van der Waals surface area contributed by atoms with Crippen LogP contribution in [0.3, 0.4) is 0 Å². The summed E-state index contributed by atoms with van der Waals surface area (Å²) < 4.78 is 14.2. The largest absolute Gasteiger partial charge is 0.345 e. The lowest BCUT2D eigenvalue weighted by Crippen LogP contribution is -2.38. The average Bonchev–Trinajstić information content (AvgIpc) is 3.12. The molecule has 1 aliphatic heterocycles. The molecule has 0 N–H and O–H groups in total. The first-order valence-electron chi connectivity index (χ1n) is 8.04. The maximum absolute atomic E-state index is 6.13. The van der Waals surface area contributed by atoms with Crippen molar-refractivity contribution < 1.29 is 9.47 Å². The number of ether oxygens (including phenoxy) is 2. The van der Waals surface area contributed by atoms with Crippen molar-refractivity contribution in [3.8, 4) is 0 Å². The van der Waals surface area contributed by atoms with Crippen LogP contribution >= 0.6 is 0 Å². The van der Waals surface area contributed by atoms with Gasteiger partial charge >= 0.3 is 0 Å². The molecule has 4 heteroatoms. The lowest BCUT2D eigenvalue weighted by molar-refractivity contribution is -0.175. The van der Waals surface area contributed by atoms with Crippen molar-refractivity contribution in [2.45, 2.75) is 51.5 Å². The van der Waals surface area contributed by atoms with Crippen LogP contribution in [0.25, 0.3) is 0 Å². The van der Waals surface area contributed by atoms with E-state index in [1.807, 2.05) is 17.1 Å². The number of aromatic nitrogens is 2. The van der Waals surface area contributed by atoms with Crippen LogP contribution < -0.4 is 0 Å². The minimum Gasteiger partial charge on any atom is -0.345 e. The Labute approximate surface area is 132 Å². The molecular formula is C18H24N2O2. The topological polar surface area (TPSA) is 36.3 Å². The van der Waals surface area contributed by atoms with Gasteiger partial charge in [-0.05, 0) is 24.5 Å².